The molecule has 0 bridgehead atoms. The van der Waals surface area contributed by atoms with E-state index in [1.165, 1.54) is 33.3 Å². The molecule has 1 heterocycles. The molecule has 2 aromatic rings. The van der Waals surface area contributed by atoms with Gasteiger partial charge < -0.3 is 4.90 Å². The molecule has 1 atom stereocenters. The van der Waals surface area contributed by atoms with Crippen molar-refractivity contribution in [3.63, 3.8) is 0 Å². The minimum Gasteiger partial charge on any atom is -0.370 e. The maximum Gasteiger partial charge on any atom is 0.0425 e. The van der Waals surface area contributed by atoms with Crippen LogP contribution in [0.2, 0.25) is 0 Å². The van der Waals surface area contributed by atoms with Crippen LogP contribution in [-0.4, -0.2) is 13.1 Å². The lowest BCUT2D eigenvalue weighted by atomic mass is 9.99. The Morgan fingerprint density at radius 1 is 1.05 bits per heavy atom. The van der Waals surface area contributed by atoms with Gasteiger partial charge in [-0.05, 0) is 49.1 Å². The summed E-state index contributed by atoms with van der Waals surface area (Å²) in [4.78, 5) is 2.55. The van der Waals surface area contributed by atoms with E-state index in [-0.39, 0.29) is 0 Å². The average molecular weight is 330 g/mol. The van der Waals surface area contributed by atoms with Crippen molar-refractivity contribution >= 4 is 21.6 Å². The van der Waals surface area contributed by atoms with Crippen LogP contribution in [-0.2, 0) is 0 Å². The van der Waals surface area contributed by atoms with Crippen LogP contribution < -0.4 is 4.90 Å². The third-order valence-corrected chi connectivity index (χ3v) is 4.76. The Hall–Kier alpha value is -1.28. The topological polar surface area (TPSA) is 3.24 Å². The first-order valence-electron chi connectivity index (χ1n) is 7.22. The predicted molar refractivity (Wildman–Crippen MR) is 89.6 cm³/mol. The Kier molecular flexibility index (Phi) is 3.84. The van der Waals surface area contributed by atoms with E-state index in [0.29, 0.717) is 5.92 Å². The van der Waals surface area contributed by atoms with Crippen molar-refractivity contribution in [2.75, 3.05) is 18.0 Å². The van der Waals surface area contributed by atoms with Crippen LogP contribution in [0.25, 0.3) is 0 Å². The maximum absolute atomic E-state index is 3.58. The van der Waals surface area contributed by atoms with Crippen molar-refractivity contribution < 1.29 is 0 Å². The van der Waals surface area contributed by atoms with Crippen molar-refractivity contribution in [3.05, 3.63) is 63.6 Å². The number of halogens is 1. The molecule has 3 rings (SSSR count). The highest BCUT2D eigenvalue weighted by atomic mass is 79.9. The number of benzene rings is 2. The summed E-state index contributed by atoms with van der Waals surface area (Å²) in [5.41, 5.74) is 5.66. The van der Waals surface area contributed by atoms with Crippen LogP contribution >= 0.6 is 15.9 Å². The van der Waals surface area contributed by atoms with Crippen molar-refractivity contribution in [1.29, 1.82) is 0 Å². The molecule has 0 amide bonds. The molecule has 2 aromatic carbocycles. The summed E-state index contributed by atoms with van der Waals surface area (Å²) in [7, 11) is 0. The highest BCUT2D eigenvalue weighted by Crippen LogP contribution is 2.34. The number of rotatable bonds is 2. The Bertz CT molecular complexity index is 600. The summed E-state index contributed by atoms with van der Waals surface area (Å²) in [6.07, 6.45) is 1.24. The lowest BCUT2D eigenvalue weighted by Gasteiger charge is -2.23. The highest BCUT2D eigenvalue weighted by molar-refractivity contribution is 9.10. The lowest BCUT2D eigenvalue weighted by Crippen LogP contribution is -2.21. The Morgan fingerprint density at radius 2 is 1.75 bits per heavy atom. The van der Waals surface area contributed by atoms with E-state index >= 15 is 0 Å². The largest absolute Gasteiger partial charge is 0.370 e. The second-order valence-electron chi connectivity index (χ2n) is 5.73. The zero-order chi connectivity index (χ0) is 14.1. The number of hydrogen-bond donors (Lipinski definition) is 0. The third kappa shape index (κ3) is 2.62. The van der Waals surface area contributed by atoms with Crippen molar-refractivity contribution in [2.24, 2.45) is 0 Å². The zero-order valence-corrected chi connectivity index (χ0v) is 13.7. The van der Waals surface area contributed by atoms with Gasteiger partial charge in [0.25, 0.3) is 0 Å². The molecule has 1 saturated heterocycles. The van der Waals surface area contributed by atoms with Gasteiger partial charge in [-0.1, -0.05) is 46.3 Å². The van der Waals surface area contributed by atoms with Gasteiger partial charge in [0.2, 0.25) is 0 Å². The molecule has 2 heteroatoms. The van der Waals surface area contributed by atoms with Crippen molar-refractivity contribution in [2.45, 2.75) is 26.2 Å². The molecule has 1 nitrogen and oxygen atoms in total. The Morgan fingerprint density at radius 3 is 2.45 bits per heavy atom. The van der Waals surface area contributed by atoms with Crippen LogP contribution in [0.15, 0.2) is 46.9 Å². The first-order chi connectivity index (χ1) is 9.65. The van der Waals surface area contributed by atoms with Crippen LogP contribution in [0.3, 0.4) is 0 Å². The molecule has 104 valence electrons. The summed E-state index contributed by atoms with van der Waals surface area (Å²) in [6.45, 7) is 6.72. The van der Waals surface area contributed by atoms with Gasteiger partial charge in [0.05, 0.1) is 0 Å². The molecule has 1 unspecified atom stereocenters. The van der Waals surface area contributed by atoms with E-state index < -0.39 is 0 Å². The number of para-hydroxylation sites is 1. The normalized spacial score (nSPS) is 18.6. The second kappa shape index (κ2) is 5.61. The molecule has 0 saturated carbocycles. The van der Waals surface area contributed by atoms with E-state index in [1.54, 1.807) is 0 Å². The Labute approximate surface area is 129 Å². The number of nitrogens with zero attached hydrogens (tertiary/aromatic N) is 1. The maximum atomic E-state index is 3.58. The van der Waals surface area contributed by atoms with E-state index in [1.807, 2.05) is 0 Å². The Balaban J connectivity index is 1.83. The molecular weight excluding hydrogens is 310 g/mol. The first-order valence-corrected chi connectivity index (χ1v) is 8.01. The average Bonchev–Trinajstić information content (AvgIpc) is 2.88. The molecule has 1 aliphatic rings. The summed E-state index contributed by atoms with van der Waals surface area (Å²) in [5.74, 6) is 0.645. The molecule has 0 aliphatic carbocycles. The molecule has 1 aliphatic heterocycles. The zero-order valence-electron chi connectivity index (χ0n) is 12.1. The van der Waals surface area contributed by atoms with Gasteiger partial charge in [-0.25, -0.2) is 0 Å². The fraction of sp³-hybridized carbons (Fsp3) is 0.333. The SMILES string of the molecule is Cc1cccc(C)c1N1CCC(c2cccc(Br)c2)C1. The fourth-order valence-corrected chi connectivity index (χ4v) is 3.72. The van der Waals surface area contributed by atoms with Gasteiger partial charge in [-0.3, -0.25) is 0 Å². The van der Waals surface area contributed by atoms with E-state index in [9.17, 15) is 0 Å². The van der Waals surface area contributed by atoms with Gasteiger partial charge in [-0.15, -0.1) is 0 Å². The smallest absolute Gasteiger partial charge is 0.0425 e. The van der Waals surface area contributed by atoms with E-state index in [0.717, 1.165) is 13.1 Å². The molecule has 0 radical (unpaired) electrons. The van der Waals surface area contributed by atoms with Gasteiger partial charge in [-0.2, -0.15) is 0 Å². The minimum absolute atomic E-state index is 0.645. The van der Waals surface area contributed by atoms with Crippen LogP contribution in [0.1, 0.15) is 29.0 Å². The second-order valence-corrected chi connectivity index (χ2v) is 6.64. The highest BCUT2D eigenvalue weighted by Gasteiger charge is 2.25. The van der Waals surface area contributed by atoms with Crippen molar-refractivity contribution in [3.8, 4) is 0 Å². The van der Waals surface area contributed by atoms with E-state index in [4.69, 9.17) is 0 Å². The van der Waals surface area contributed by atoms with Gasteiger partial charge >= 0.3 is 0 Å². The summed E-state index contributed by atoms with van der Waals surface area (Å²) < 4.78 is 1.18. The number of anilines is 1. The monoisotopic (exact) mass is 329 g/mol. The summed E-state index contributed by atoms with van der Waals surface area (Å²) >= 11 is 3.58. The molecule has 1 fully saturated rings. The number of hydrogen-bond acceptors (Lipinski definition) is 1. The number of aryl methyl sites for hydroxylation is 2. The van der Waals surface area contributed by atoms with Gasteiger partial charge in [0.15, 0.2) is 0 Å². The van der Waals surface area contributed by atoms with Gasteiger partial charge in [0.1, 0.15) is 0 Å². The minimum atomic E-state index is 0.645. The summed E-state index contributed by atoms with van der Waals surface area (Å²) in [6, 6.07) is 15.3. The van der Waals surface area contributed by atoms with Crippen LogP contribution in [0, 0.1) is 13.8 Å². The molecular formula is C18H20BrN. The quantitative estimate of drug-likeness (QED) is 0.744. The molecule has 0 aromatic heterocycles. The van der Waals surface area contributed by atoms with E-state index in [2.05, 4.69) is 77.1 Å². The molecule has 0 N–H and O–H groups in total. The molecule has 20 heavy (non-hydrogen) atoms. The van der Waals surface area contributed by atoms with Crippen LogP contribution in [0.4, 0.5) is 5.69 Å². The molecule has 0 spiro atoms. The van der Waals surface area contributed by atoms with Crippen LogP contribution in [0.5, 0.6) is 0 Å². The van der Waals surface area contributed by atoms with Crippen molar-refractivity contribution in [1.82, 2.24) is 0 Å². The standard InChI is InChI=1S/C18H20BrN/c1-13-5-3-6-14(2)18(13)20-10-9-16(12-20)15-7-4-8-17(19)11-15/h3-8,11,16H,9-10,12H2,1-2H3. The third-order valence-electron chi connectivity index (χ3n) is 4.26. The lowest BCUT2D eigenvalue weighted by molar-refractivity contribution is 0.774. The summed E-state index contributed by atoms with van der Waals surface area (Å²) in [5, 5.41) is 0. The predicted octanol–water partition coefficient (Wildman–Crippen LogP) is 5.06. The van der Waals surface area contributed by atoms with Gasteiger partial charge in [0, 0.05) is 29.2 Å². The first kappa shape index (κ1) is 13.7. The fourth-order valence-electron chi connectivity index (χ4n) is 3.30.